The van der Waals surface area contributed by atoms with Crippen LogP contribution in [0.25, 0.3) is 6.08 Å². The standard InChI is InChI=1S/C13H14F3NO2/c1-9(18)17-7-3-2-4-10-8-11(13(14,15)16)5-6-12(10)19/h2,4-6,8,19H,3,7H2,1H3,(H,17,18). The minimum absolute atomic E-state index is 0.0950. The number of alkyl halides is 3. The molecule has 104 valence electrons. The van der Waals surface area contributed by atoms with Crippen molar-refractivity contribution in [3.8, 4) is 5.75 Å². The van der Waals surface area contributed by atoms with Crippen molar-refractivity contribution in [2.75, 3.05) is 6.54 Å². The summed E-state index contributed by atoms with van der Waals surface area (Å²) in [6.45, 7) is 1.77. The third-order valence-electron chi connectivity index (χ3n) is 2.34. The molecular weight excluding hydrogens is 259 g/mol. The van der Waals surface area contributed by atoms with Crippen LogP contribution in [-0.2, 0) is 11.0 Å². The summed E-state index contributed by atoms with van der Waals surface area (Å²) < 4.78 is 37.4. The average molecular weight is 273 g/mol. The van der Waals surface area contributed by atoms with Crippen molar-refractivity contribution in [3.05, 3.63) is 35.4 Å². The second-order valence-electron chi connectivity index (χ2n) is 3.95. The van der Waals surface area contributed by atoms with Crippen molar-refractivity contribution in [1.29, 1.82) is 0 Å². The largest absolute Gasteiger partial charge is 0.507 e. The van der Waals surface area contributed by atoms with Gasteiger partial charge in [0, 0.05) is 19.0 Å². The lowest BCUT2D eigenvalue weighted by Gasteiger charge is -2.08. The predicted octanol–water partition coefficient (Wildman–Crippen LogP) is 2.95. The summed E-state index contributed by atoms with van der Waals surface area (Å²) >= 11 is 0. The molecule has 0 saturated heterocycles. The normalized spacial score (nSPS) is 11.8. The minimum Gasteiger partial charge on any atom is -0.507 e. The van der Waals surface area contributed by atoms with Crippen molar-refractivity contribution in [3.63, 3.8) is 0 Å². The maximum absolute atomic E-state index is 12.5. The van der Waals surface area contributed by atoms with Crippen LogP contribution in [0.3, 0.4) is 0 Å². The first-order valence-corrected chi connectivity index (χ1v) is 5.62. The Kier molecular flexibility index (Phi) is 4.97. The topological polar surface area (TPSA) is 49.3 Å². The Labute approximate surface area is 108 Å². The summed E-state index contributed by atoms with van der Waals surface area (Å²) in [6.07, 6.45) is -0.987. The van der Waals surface area contributed by atoms with Gasteiger partial charge in [0.2, 0.25) is 5.91 Å². The molecule has 6 heteroatoms. The van der Waals surface area contributed by atoms with Crippen LogP contribution in [0.4, 0.5) is 13.2 Å². The first kappa shape index (κ1) is 15.1. The average Bonchev–Trinajstić information content (AvgIpc) is 2.29. The molecule has 0 unspecified atom stereocenters. The van der Waals surface area contributed by atoms with Crippen LogP contribution in [0, 0.1) is 0 Å². The lowest BCUT2D eigenvalue weighted by atomic mass is 10.1. The van der Waals surface area contributed by atoms with Crippen LogP contribution in [0.15, 0.2) is 24.3 Å². The second-order valence-corrected chi connectivity index (χ2v) is 3.95. The van der Waals surface area contributed by atoms with Crippen LogP contribution >= 0.6 is 0 Å². The number of benzene rings is 1. The molecule has 0 spiro atoms. The van der Waals surface area contributed by atoms with Gasteiger partial charge < -0.3 is 10.4 Å². The summed E-state index contributed by atoms with van der Waals surface area (Å²) in [7, 11) is 0. The van der Waals surface area contributed by atoms with Crippen molar-refractivity contribution in [1.82, 2.24) is 5.32 Å². The molecule has 0 radical (unpaired) electrons. The zero-order valence-electron chi connectivity index (χ0n) is 10.3. The number of carbonyl (C=O) groups excluding carboxylic acids is 1. The van der Waals surface area contributed by atoms with Crippen LogP contribution < -0.4 is 5.32 Å². The third-order valence-corrected chi connectivity index (χ3v) is 2.34. The summed E-state index contributed by atoms with van der Waals surface area (Å²) in [6, 6.07) is 2.71. The molecule has 0 aliphatic rings. The van der Waals surface area contributed by atoms with E-state index >= 15 is 0 Å². The number of phenolic OH excluding ortho intramolecular Hbond substituents is 1. The highest BCUT2D eigenvalue weighted by atomic mass is 19.4. The van der Waals surface area contributed by atoms with Gasteiger partial charge in [-0.05, 0) is 24.6 Å². The summed E-state index contributed by atoms with van der Waals surface area (Å²) in [5.41, 5.74) is -0.718. The Morgan fingerprint density at radius 2 is 2.11 bits per heavy atom. The van der Waals surface area contributed by atoms with Gasteiger partial charge in [0.15, 0.2) is 0 Å². The highest BCUT2D eigenvalue weighted by Crippen LogP contribution is 2.32. The molecule has 0 heterocycles. The van der Waals surface area contributed by atoms with Crippen LogP contribution in [0.1, 0.15) is 24.5 Å². The first-order chi connectivity index (χ1) is 8.80. The van der Waals surface area contributed by atoms with Gasteiger partial charge in [0.1, 0.15) is 5.75 Å². The van der Waals surface area contributed by atoms with E-state index in [0.29, 0.717) is 13.0 Å². The molecule has 0 saturated carbocycles. The Hall–Kier alpha value is -1.98. The monoisotopic (exact) mass is 273 g/mol. The van der Waals surface area contributed by atoms with Crippen molar-refractivity contribution < 1.29 is 23.1 Å². The molecule has 0 aliphatic heterocycles. The van der Waals surface area contributed by atoms with Crippen molar-refractivity contribution in [2.45, 2.75) is 19.5 Å². The van der Waals surface area contributed by atoms with Crippen molar-refractivity contribution in [2.24, 2.45) is 0 Å². The smallest absolute Gasteiger partial charge is 0.416 e. The van der Waals surface area contributed by atoms with E-state index in [0.717, 1.165) is 18.2 Å². The van der Waals surface area contributed by atoms with Gasteiger partial charge in [0.25, 0.3) is 0 Å². The van der Waals surface area contributed by atoms with E-state index < -0.39 is 11.7 Å². The van der Waals surface area contributed by atoms with E-state index in [1.165, 1.54) is 13.0 Å². The molecule has 0 atom stereocenters. The fraction of sp³-hybridized carbons (Fsp3) is 0.308. The summed E-state index contributed by atoms with van der Waals surface area (Å²) in [5, 5.41) is 12.0. The number of rotatable bonds is 4. The Bertz CT molecular complexity index is 481. The van der Waals surface area contributed by atoms with Gasteiger partial charge >= 0.3 is 6.18 Å². The van der Waals surface area contributed by atoms with Gasteiger partial charge in [-0.1, -0.05) is 12.2 Å². The highest BCUT2D eigenvalue weighted by Gasteiger charge is 2.30. The molecule has 0 bridgehead atoms. The molecule has 1 amide bonds. The van der Waals surface area contributed by atoms with Crippen molar-refractivity contribution >= 4 is 12.0 Å². The molecule has 0 aliphatic carbocycles. The number of hydrogen-bond acceptors (Lipinski definition) is 2. The Balaban J connectivity index is 2.72. The fourth-order valence-corrected chi connectivity index (χ4v) is 1.41. The lowest BCUT2D eigenvalue weighted by molar-refractivity contribution is -0.137. The predicted molar refractivity (Wildman–Crippen MR) is 65.4 cm³/mol. The number of nitrogens with one attached hydrogen (secondary N) is 1. The number of phenols is 1. The van der Waals surface area contributed by atoms with Gasteiger partial charge in [-0.25, -0.2) is 0 Å². The fourth-order valence-electron chi connectivity index (χ4n) is 1.41. The van der Waals surface area contributed by atoms with E-state index in [1.54, 1.807) is 6.08 Å². The third kappa shape index (κ3) is 5.03. The van der Waals surface area contributed by atoms with Crippen LogP contribution in [0.5, 0.6) is 5.75 Å². The molecule has 0 fully saturated rings. The molecule has 1 aromatic carbocycles. The van der Waals surface area contributed by atoms with Gasteiger partial charge in [-0.3, -0.25) is 4.79 Å². The molecule has 3 nitrogen and oxygen atoms in total. The van der Waals surface area contributed by atoms with E-state index in [4.69, 9.17) is 0 Å². The molecule has 1 aromatic rings. The highest BCUT2D eigenvalue weighted by molar-refractivity contribution is 5.72. The zero-order chi connectivity index (χ0) is 14.5. The molecule has 0 aromatic heterocycles. The number of aromatic hydroxyl groups is 1. The summed E-state index contributed by atoms with van der Waals surface area (Å²) in [5.74, 6) is -0.390. The number of halogens is 3. The van der Waals surface area contributed by atoms with E-state index in [-0.39, 0.29) is 17.2 Å². The first-order valence-electron chi connectivity index (χ1n) is 5.62. The molecule has 2 N–H and O–H groups in total. The second kappa shape index (κ2) is 6.26. The number of hydrogen-bond donors (Lipinski definition) is 2. The minimum atomic E-state index is -4.44. The van der Waals surface area contributed by atoms with Gasteiger partial charge in [0.05, 0.1) is 5.56 Å². The molecule has 19 heavy (non-hydrogen) atoms. The van der Waals surface area contributed by atoms with Crippen LogP contribution in [0.2, 0.25) is 0 Å². The van der Waals surface area contributed by atoms with E-state index in [2.05, 4.69) is 5.32 Å². The van der Waals surface area contributed by atoms with E-state index in [9.17, 15) is 23.1 Å². The zero-order valence-corrected chi connectivity index (χ0v) is 10.3. The van der Waals surface area contributed by atoms with Gasteiger partial charge in [-0.15, -0.1) is 0 Å². The summed E-state index contributed by atoms with van der Waals surface area (Å²) in [4.78, 5) is 10.6. The van der Waals surface area contributed by atoms with Gasteiger partial charge in [-0.2, -0.15) is 13.2 Å². The Morgan fingerprint density at radius 3 is 2.68 bits per heavy atom. The van der Waals surface area contributed by atoms with E-state index in [1.807, 2.05) is 0 Å². The quantitative estimate of drug-likeness (QED) is 0.829. The maximum atomic E-state index is 12.5. The SMILES string of the molecule is CC(=O)NCCC=Cc1cc(C(F)(F)F)ccc1O. The lowest BCUT2D eigenvalue weighted by Crippen LogP contribution is -2.20. The van der Waals surface area contributed by atoms with Crippen LogP contribution in [-0.4, -0.2) is 17.6 Å². The Morgan fingerprint density at radius 1 is 1.42 bits per heavy atom. The maximum Gasteiger partial charge on any atom is 0.416 e. The molecule has 1 rings (SSSR count). The number of amides is 1. The number of carbonyl (C=O) groups is 1. The molecular formula is C13H14F3NO2.